The lowest BCUT2D eigenvalue weighted by Gasteiger charge is -2.14. The second-order valence-corrected chi connectivity index (χ2v) is 4.79. The Morgan fingerprint density at radius 3 is 2.59 bits per heavy atom. The number of aromatic carboxylic acids is 1. The van der Waals surface area contributed by atoms with E-state index in [0.717, 1.165) is 11.3 Å². The van der Waals surface area contributed by atoms with E-state index < -0.39 is 5.97 Å². The fraction of sp³-hybridized carbons (Fsp3) is 0.267. The summed E-state index contributed by atoms with van der Waals surface area (Å²) < 4.78 is 6.37. The number of carboxylic acid groups (broad SMARTS) is 1. The van der Waals surface area contributed by atoms with E-state index in [2.05, 4.69) is 10.4 Å². The molecule has 0 unspecified atom stereocenters. The number of hydrogen-bond donors (Lipinski definition) is 2. The molecule has 0 saturated heterocycles. The van der Waals surface area contributed by atoms with Crippen LogP contribution in [0.2, 0.25) is 0 Å². The first-order valence-electron chi connectivity index (χ1n) is 6.68. The first kappa shape index (κ1) is 15.6. The Morgan fingerprint density at radius 2 is 2.05 bits per heavy atom. The lowest BCUT2D eigenvalue weighted by molar-refractivity contribution is -0.122. The van der Waals surface area contributed by atoms with Gasteiger partial charge in [0.1, 0.15) is 12.3 Å². The van der Waals surface area contributed by atoms with Crippen molar-refractivity contribution >= 4 is 11.9 Å². The molecule has 1 amide bonds. The SMILES string of the molecule is COc1ccc([C@H](C)NC(=O)Cn2cc(C(=O)O)cn2)cc1. The molecule has 2 aromatic rings. The Balaban J connectivity index is 1.93. The summed E-state index contributed by atoms with van der Waals surface area (Å²) in [7, 11) is 1.59. The minimum Gasteiger partial charge on any atom is -0.497 e. The quantitative estimate of drug-likeness (QED) is 0.843. The zero-order valence-electron chi connectivity index (χ0n) is 12.3. The minimum atomic E-state index is -1.07. The summed E-state index contributed by atoms with van der Waals surface area (Å²) in [5, 5.41) is 15.5. The van der Waals surface area contributed by atoms with Crippen LogP contribution < -0.4 is 10.1 Å². The molecule has 0 saturated carbocycles. The third kappa shape index (κ3) is 3.85. The molecule has 116 valence electrons. The zero-order chi connectivity index (χ0) is 16.1. The highest BCUT2D eigenvalue weighted by Crippen LogP contribution is 2.17. The molecule has 0 aliphatic heterocycles. The van der Waals surface area contributed by atoms with Gasteiger partial charge < -0.3 is 15.2 Å². The number of ether oxygens (including phenoxy) is 1. The minimum absolute atomic E-state index is 0.0340. The average molecular weight is 303 g/mol. The van der Waals surface area contributed by atoms with E-state index in [1.54, 1.807) is 7.11 Å². The van der Waals surface area contributed by atoms with Gasteiger partial charge in [0.25, 0.3) is 0 Å². The summed E-state index contributed by atoms with van der Waals surface area (Å²) in [5.41, 5.74) is 0.997. The standard InChI is InChI=1S/C15H17N3O4/c1-10(11-3-5-13(22-2)6-4-11)17-14(19)9-18-8-12(7-16-18)15(20)21/h3-8,10H,9H2,1-2H3,(H,17,19)(H,20,21)/t10-/m0/s1. The molecule has 7 nitrogen and oxygen atoms in total. The molecule has 1 aromatic heterocycles. The topological polar surface area (TPSA) is 93.5 Å². The lowest BCUT2D eigenvalue weighted by Crippen LogP contribution is -2.30. The second-order valence-electron chi connectivity index (χ2n) is 4.79. The van der Waals surface area contributed by atoms with E-state index in [1.807, 2.05) is 31.2 Å². The van der Waals surface area contributed by atoms with Gasteiger partial charge in [-0.2, -0.15) is 5.10 Å². The number of carbonyl (C=O) groups is 2. The molecular weight excluding hydrogens is 286 g/mol. The van der Waals surface area contributed by atoms with Gasteiger partial charge in [0.2, 0.25) is 5.91 Å². The largest absolute Gasteiger partial charge is 0.497 e. The van der Waals surface area contributed by atoms with Crippen molar-refractivity contribution < 1.29 is 19.4 Å². The number of carboxylic acids is 1. The summed E-state index contributed by atoms with van der Waals surface area (Å²) in [4.78, 5) is 22.7. The number of nitrogens with zero attached hydrogens (tertiary/aromatic N) is 2. The molecule has 1 atom stereocenters. The van der Waals surface area contributed by atoms with E-state index in [1.165, 1.54) is 17.1 Å². The van der Waals surface area contributed by atoms with Crippen molar-refractivity contribution in [3.63, 3.8) is 0 Å². The Kier molecular flexibility index (Phi) is 4.77. The van der Waals surface area contributed by atoms with Crippen molar-refractivity contribution in [2.24, 2.45) is 0 Å². The van der Waals surface area contributed by atoms with Crippen LogP contribution >= 0.6 is 0 Å². The van der Waals surface area contributed by atoms with Crippen molar-refractivity contribution in [2.45, 2.75) is 19.5 Å². The number of hydrogen-bond acceptors (Lipinski definition) is 4. The third-order valence-corrected chi connectivity index (χ3v) is 3.18. The Bertz CT molecular complexity index is 664. The van der Waals surface area contributed by atoms with Crippen LogP contribution in [0.3, 0.4) is 0 Å². The molecule has 1 aromatic carbocycles. The lowest BCUT2D eigenvalue weighted by atomic mass is 10.1. The van der Waals surface area contributed by atoms with Crippen LogP contribution in [0.25, 0.3) is 0 Å². The van der Waals surface area contributed by atoms with E-state index in [-0.39, 0.29) is 24.1 Å². The molecule has 22 heavy (non-hydrogen) atoms. The molecule has 0 radical (unpaired) electrons. The number of carbonyl (C=O) groups excluding carboxylic acids is 1. The Labute approximate surface area is 127 Å². The van der Waals surface area contributed by atoms with Gasteiger partial charge in [-0.3, -0.25) is 9.48 Å². The van der Waals surface area contributed by atoms with E-state index in [9.17, 15) is 9.59 Å². The second kappa shape index (κ2) is 6.75. The molecule has 0 fully saturated rings. The highest BCUT2D eigenvalue weighted by molar-refractivity contribution is 5.87. The van der Waals surface area contributed by atoms with Crippen LogP contribution in [0.1, 0.15) is 28.9 Å². The fourth-order valence-corrected chi connectivity index (χ4v) is 1.97. The molecule has 0 aliphatic carbocycles. The Hall–Kier alpha value is -2.83. The van der Waals surface area contributed by atoms with Gasteiger partial charge in [-0.1, -0.05) is 12.1 Å². The third-order valence-electron chi connectivity index (χ3n) is 3.18. The zero-order valence-corrected chi connectivity index (χ0v) is 12.3. The summed E-state index contributed by atoms with van der Waals surface area (Å²) >= 11 is 0. The molecule has 0 aliphatic rings. The average Bonchev–Trinajstić information content (AvgIpc) is 2.95. The number of rotatable bonds is 6. The number of methoxy groups -OCH3 is 1. The summed E-state index contributed by atoms with van der Waals surface area (Å²) in [6.45, 7) is 1.83. The molecular formula is C15H17N3O4. The van der Waals surface area contributed by atoms with Crippen molar-refractivity contribution in [3.05, 3.63) is 47.8 Å². The van der Waals surface area contributed by atoms with Crippen molar-refractivity contribution in [1.29, 1.82) is 0 Å². The van der Waals surface area contributed by atoms with Crippen LogP contribution in [0.4, 0.5) is 0 Å². The fourth-order valence-electron chi connectivity index (χ4n) is 1.97. The highest BCUT2D eigenvalue weighted by Gasteiger charge is 2.12. The van der Waals surface area contributed by atoms with E-state index >= 15 is 0 Å². The molecule has 1 heterocycles. The van der Waals surface area contributed by atoms with Gasteiger partial charge in [0.05, 0.1) is 24.9 Å². The van der Waals surface area contributed by atoms with Crippen LogP contribution in [0.15, 0.2) is 36.7 Å². The van der Waals surface area contributed by atoms with E-state index in [0.29, 0.717) is 0 Å². The molecule has 0 spiro atoms. The predicted molar refractivity (Wildman–Crippen MR) is 78.7 cm³/mol. The number of nitrogens with one attached hydrogen (secondary N) is 1. The maximum absolute atomic E-state index is 12.0. The molecule has 2 rings (SSSR count). The first-order chi connectivity index (χ1) is 10.5. The van der Waals surface area contributed by atoms with Crippen LogP contribution in [-0.4, -0.2) is 33.9 Å². The van der Waals surface area contributed by atoms with Crippen LogP contribution in [0, 0.1) is 0 Å². The van der Waals surface area contributed by atoms with Gasteiger partial charge in [-0.05, 0) is 24.6 Å². The Morgan fingerprint density at radius 1 is 1.36 bits per heavy atom. The van der Waals surface area contributed by atoms with Crippen LogP contribution in [0.5, 0.6) is 5.75 Å². The smallest absolute Gasteiger partial charge is 0.338 e. The summed E-state index contributed by atoms with van der Waals surface area (Å²) in [5.74, 6) is -0.568. The predicted octanol–water partition coefficient (Wildman–Crippen LogP) is 1.47. The summed E-state index contributed by atoms with van der Waals surface area (Å²) in [6, 6.07) is 7.23. The van der Waals surface area contributed by atoms with Gasteiger partial charge in [-0.25, -0.2) is 4.79 Å². The van der Waals surface area contributed by atoms with E-state index in [4.69, 9.17) is 9.84 Å². The monoisotopic (exact) mass is 303 g/mol. The van der Waals surface area contributed by atoms with Gasteiger partial charge in [0.15, 0.2) is 0 Å². The van der Waals surface area contributed by atoms with Crippen LogP contribution in [-0.2, 0) is 11.3 Å². The number of amides is 1. The summed E-state index contributed by atoms with van der Waals surface area (Å²) in [6.07, 6.45) is 2.53. The van der Waals surface area contributed by atoms with Crippen molar-refractivity contribution in [3.8, 4) is 5.75 Å². The number of aromatic nitrogens is 2. The van der Waals surface area contributed by atoms with Gasteiger partial charge in [-0.15, -0.1) is 0 Å². The highest BCUT2D eigenvalue weighted by atomic mass is 16.5. The van der Waals surface area contributed by atoms with Crippen molar-refractivity contribution in [2.75, 3.05) is 7.11 Å². The maximum Gasteiger partial charge on any atom is 0.338 e. The van der Waals surface area contributed by atoms with Crippen molar-refractivity contribution in [1.82, 2.24) is 15.1 Å². The van der Waals surface area contributed by atoms with Gasteiger partial charge in [0, 0.05) is 6.20 Å². The van der Waals surface area contributed by atoms with Gasteiger partial charge >= 0.3 is 5.97 Å². The number of benzene rings is 1. The molecule has 2 N–H and O–H groups in total. The molecule has 7 heteroatoms. The molecule has 0 bridgehead atoms. The maximum atomic E-state index is 12.0. The normalized spacial score (nSPS) is 11.7. The first-order valence-corrected chi connectivity index (χ1v) is 6.68.